The molecule has 0 aliphatic heterocycles. The number of nitrogens with zero attached hydrogens (tertiary/aromatic N) is 2. The molecular weight excluding hydrogens is 240 g/mol. The molecule has 0 saturated carbocycles. The molecule has 0 aliphatic carbocycles. The Morgan fingerprint density at radius 3 is 2.68 bits per heavy atom. The zero-order valence-corrected chi connectivity index (χ0v) is 11.3. The number of ketones is 1. The molecule has 0 bridgehead atoms. The third kappa shape index (κ3) is 3.31. The minimum absolute atomic E-state index is 0.00528. The van der Waals surface area contributed by atoms with Gasteiger partial charge in [-0.15, -0.1) is 0 Å². The predicted octanol–water partition coefficient (Wildman–Crippen LogP) is 3.14. The number of carbonyl (C=O) groups is 1. The molecule has 1 heterocycles. The summed E-state index contributed by atoms with van der Waals surface area (Å²) in [7, 11) is 3.93. The molecule has 0 fully saturated rings. The molecule has 4 nitrogen and oxygen atoms in total. The summed E-state index contributed by atoms with van der Waals surface area (Å²) in [5, 5.41) is 0. The summed E-state index contributed by atoms with van der Waals surface area (Å²) >= 11 is 0. The first kappa shape index (κ1) is 13.1. The molecule has 0 atom stereocenters. The SMILES string of the molecule is CC(=O)c1ccnc(Oc2cccc(N(C)C)c2)c1. The Labute approximate surface area is 112 Å². The van der Waals surface area contributed by atoms with Crippen molar-refractivity contribution in [2.75, 3.05) is 19.0 Å². The highest BCUT2D eigenvalue weighted by Gasteiger charge is 2.04. The molecule has 0 unspecified atom stereocenters. The number of ether oxygens (including phenoxy) is 1. The van der Waals surface area contributed by atoms with Crippen molar-refractivity contribution >= 4 is 11.5 Å². The Morgan fingerprint density at radius 1 is 1.21 bits per heavy atom. The molecule has 4 heteroatoms. The summed E-state index contributed by atoms with van der Waals surface area (Å²) in [6.07, 6.45) is 1.57. The van der Waals surface area contributed by atoms with Crippen LogP contribution in [0.4, 0.5) is 5.69 Å². The van der Waals surface area contributed by atoms with Crippen molar-refractivity contribution in [3.63, 3.8) is 0 Å². The second-order valence-electron chi connectivity index (χ2n) is 4.43. The predicted molar refractivity (Wildman–Crippen MR) is 75.1 cm³/mol. The average molecular weight is 256 g/mol. The molecule has 0 saturated heterocycles. The normalized spacial score (nSPS) is 10.1. The van der Waals surface area contributed by atoms with E-state index in [1.807, 2.05) is 43.3 Å². The van der Waals surface area contributed by atoms with Gasteiger partial charge in [0.15, 0.2) is 5.78 Å². The van der Waals surface area contributed by atoms with Crippen molar-refractivity contribution in [2.24, 2.45) is 0 Å². The van der Waals surface area contributed by atoms with Gasteiger partial charge in [-0.3, -0.25) is 4.79 Å². The fourth-order valence-electron chi connectivity index (χ4n) is 1.63. The van der Waals surface area contributed by atoms with Crippen LogP contribution in [0.3, 0.4) is 0 Å². The number of hydrogen-bond acceptors (Lipinski definition) is 4. The molecule has 0 N–H and O–H groups in total. The third-order valence-corrected chi connectivity index (χ3v) is 2.70. The Morgan fingerprint density at radius 2 is 2.00 bits per heavy atom. The van der Waals surface area contributed by atoms with E-state index >= 15 is 0 Å². The lowest BCUT2D eigenvalue weighted by Gasteiger charge is -2.13. The fourth-order valence-corrected chi connectivity index (χ4v) is 1.63. The monoisotopic (exact) mass is 256 g/mol. The van der Waals surface area contributed by atoms with Crippen LogP contribution < -0.4 is 9.64 Å². The first-order chi connectivity index (χ1) is 9.06. The van der Waals surface area contributed by atoms with Gasteiger partial charge < -0.3 is 9.64 Å². The number of hydrogen-bond donors (Lipinski definition) is 0. The van der Waals surface area contributed by atoms with E-state index in [0.29, 0.717) is 17.2 Å². The van der Waals surface area contributed by atoms with E-state index in [1.54, 1.807) is 18.3 Å². The first-order valence-corrected chi connectivity index (χ1v) is 5.98. The van der Waals surface area contributed by atoms with Crippen molar-refractivity contribution < 1.29 is 9.53 Å². The van der Waals surface area contributed by atoms with E-state index in [4.69, 9.17) is 4.74 Å². The highest BCUT2D eigenvalue weighted by molar-refractivity contribution is 5.94. The standard InChI is InChI=1S/C15H16N2O2/c1-11(18)12-7-8-16-15(9-12)19-14-6-4-5-13(10-14)17(2)3/h4-10H,1-3H3. The van der Waals surface area contributed by atoms with Crippen LogP contribution in [0.25, 0.3) is 0 Å². The molecular formula is C15H16N2O2. The molecule has 19 heavy (non-hydrogen) atoms. The Balaban J connectivity index is 2.23. The van der Waals surface area contributed by atoms with Gasteiger partial charge in [-0.1, -0.05) is 6.07 Å². The fraction of sp³-hybridized carbons (Fsp3) is 0.200. The van der Waals surface area contributed by atoms with Crippen molar-refractivity contribution in [2.45, 2.75) is 6.92 Å². The molecule has 0 amide bonds. The summed E-state index contributed by atoms with van der Waals surface area (Å²) in [6.45, 7) is 1.52. The minimum atomic E-state index is -0.00528. The Kier molecular flexibility index (Phi) is 3.80. The summed E-state index contributed by atoms with van der Waals surface area (Å²) in [5.41, 5.74) is 1.63. The molecule has 2 aromatic rings. The molecule has 1 aromatic heterocycles. The maximum Gasteiger partial charge on any atom is 0.219 e. The number of Topliss-reactive ketones (excluding diaryl/α,β-unsaturated/α-hetero) is 1. The number of carbonyl (C=O) groups excluding carboxylic acids is 1. The van der Waals surface area contributed by atoms with Crippen molar-refractivity contribution in [3.8, 4) is 11.6 Å². The topological polar surface area (TPSA) is 42.4 Å². The molecule has 2 rings (SSSR count). The van der Waals surface area contributed by atoms with Gasteiger partial charge in [-0.25, -0.2) is 4.98 Å². The second-order valence-corrected chi connectivity index (χ2v) is 4.43. The number of benzene rings is 1. The molecule has 0 radical (unpaired) electrons. The van der Waals surface area contributed by atoms with Gasteiger partial charge in [-0.2, -0.15) is 0 Å². The minimum Gasteiger partial charge on any atom is -0.439 e. The second kappa shape index (κ2) is 5.52. The van der Waals surface area contributed by atoms with E-state index in [0.717, 1.165) is 5.69 Å². The van der Waals surface area contributed by atoms with Crippen LogP contribution >= 0.6 is 0 Å². The Bertz CT molecular complexity index is 594. The third-order valence-electron chi connectivity index (χ3n) is 2.70. The highest BCUT2D eigenvalue weighted by atomic mass is 16.5. The first-order valence-electron chi connectivity index (χ1n) is 5.98. The molecule has 0 spiro atoms. The van der Waals surface area contributed by atoms with Crippen LogP contribution in [-0.2, 0) is 0 Å². The van der Waals surface area contributed by atoms with E-state index in [2.05, 4.69) is 4.98 Å². The number of aromatic nitrogens is 1. The lowest BCUT2D eigenvalue weighted by atomic mass is 10.2. The maximum atomic E-state index is 11.3. The lowest BCUT2D eigenvalue weighted by Crippen LogP contribution is -2.08. The van der Waals surface area contributed by atoms with Crippen LogP contribution in [0.15, 0.2) is 42.6 Å². The summed E-state index contributed by atoms with van der Waals surface area (Å²) in [6, 6.07) is 11.0. The van der Waals surface area contributed by atoms with Gasteiger partial charge in [0.1, 0.15) is 5.75 Å². The van der Waals surface area contributed by atoms with Gasteiger partial charge in [0.05, 0.1) is 0 Å². The van der Waals surface area contributed by atoms with Crippen LogP contribution in [0.5, 0.6) is 11.6 Å². The zero-order valence-electron chi connectivity index (χ0n) is 11.3. The van der Waals surface area contributed by atoms with Crippen molar-refractivity contribution in [1.82, 2.24) is 4.98 Å². The van der Waals surface area contributed by atoms with Crippen LogP contribution in [0, 0.1) is 0 Å². The van der Waals surface area contributed by atoms with Crippen LogP contribution in [0.2, 0.25) is 0 Å². The zero-order chi connectivity index (χ0) is 13.8. The van der Waals surface area contributed by atoms with Crippen LogP contribution in [0.1, 0.15) is 17.3 Å². The largest absolute Gasteiger partial charge is 0.439 e. The molecule has 1 aromatic carbocycles. The van der Waals surface area contributed by atoms with Crippen molar-refractivity contribution in [3.05, 3.63) is 48.2 Å². The van der Waals surface area contributed by atoms with Gasteiger partial charge in [0.2, 0.25) is 5.88 Å². The van der Waals surface area contributed by atoms with Gasteiger partial charge >= 0.3 is 0 Å². The van der Waals surface area contributed by atoms with E-state index in [9.17, 15) is 4.79 Å². The number of pyridine rings is 1. The maximum absolute atomic E-state index is 11.3. The van der Waals surface area contributed by atoms with E-state index in [1.165, 1.54) is 6.92 Å². The van der Waals surface area contributed by atoms with Crippen LogP contribution in [-0.4, -0.2) is 24.9 Å². The van der Waals surface area contributed by atoms with Gasteiger partial charge in [0.25, 0.3) is 0 Å². The number of anilines is 1. The lowest BCUT2D eigenvalue weighted by molar-refractivity contribution is 0.101. The van der Waals surface area contributed by atoms with E-state index < -0.39 is 0 Å². The molecule has 98 valence electrons. The van der Waals surface area contributed by atoms with Crippen molar-refractivity contribution in [1.29, 1.82) is 0 Å². The smallest absolute Gasteiger partial charge is 0.219 e. The van der Waals surface area contributed by atoms with Gasteiger partial charge in [0, 0.05) is 43.7 Å². The Hall–Kier alpha value is -2.36. The summed E-state index contributed by atoms with van der Waals surface area (Å²) in [4.78, 5) is 17.4. The van der Waals surface area contributed by atoms with Gasteiger partial charge in [-0.05, 0) is 25.1 Å². The summed E-state index contributed by atoms with van der Waals surface area (Å²) in [5.74, 6) is 1.11. The average Bonchev–Trinajstić information content (AvgIpc) is 2.39. The quantitative estimate of drug-likeness (QED) is 0.788. The summed E-state index contributed by atoms with van der Waals surface area (Å²) < 4.78 is 5.67. The number of rotatable bonds is 4. The molecule has 0 aliphatic rings. The highest BCUT2D eigenvalue weighted by Crippen LogP contribution is 2.24. The van der Waals surface area contributed by atoms with E-state index in [-0.39, 0.29) is 5.78 Å².